The smallest absolute Gasteiger partial charge is 0.250 e. The zero-order valence-electron chi connectivity index (χ0n) is 11.8. The Morgan fingerprint density at radius 1 is 1.26 bits per heavy atom. The number of nitrogens with one attached hydrogen (secondary N) is 2. The van der Waals surface area contributed by atoms with Crippen molar-refractivity contribution in [3.8, 4) is 0 Å². The summed E-state index contributed by atoms with van der Waals surface area (Å²) in [6.07, 6.45) is 7.38. The molecule has 0 saturated heterocycles. The Labute approximate surface area is 113 Å². The maximum absolute atomic E-state index is 12.6. The van der Waals surface area contributed by atoms with Gasteiger partial charge in [0.1, 0.15) is 17.0 Å². The van der Waals surface area contributed by atoms with Gasteiger partial charge in [0.2, 0.25) is 5.91 Å². The number of anilines is 2. The summed E-state index contributed by atoms with van der Waals surface area (Å²) in [5.41, 5.74) is 1.43. The molecule has 0 atom stereocenters. The molecule has 1 aliphatic heterocycles. The highest BCUT2D eigenvalue weighted by molar-refractivity contribution is 6.06. The molecule has 1 spiro atoms. The largest absolute Gasteiger partial charge is 0.354 e. The molecule has 2 N–H and O–H groups in total. The Hall–Kier alpha value is -1.52. The average molecular weight is 262 g/mol. The van der Waals surface area contributed by atoms with Gasteiger partial charge in [-0.2, -0.15) is 5.10 Å². The number of carbonyl (C=O) groups is 1. The molecule has 1 aromatic rings. The molecule has 1 aromatic heterocycles. The minimum absolute atomic E-state index is 0.129. The third-order valence-electron chi connectivity index (χ3n) is 4.44. The van der Waals surface area contributed by atoms with Crippen LogP contribution >= 0.6 is 0 Å². The average Bonchev–Trinajstić information content (AvgIpc) is 2.59. The second-order valence-electron chi connectivity index (χ2n) is 5.72. The molecule has 104 valence electrons. The van der Waals surface area contributed by atoms with Crippen LogP contribution in [0.2, 0.25) is 0 Å². The van der Waals surface area contributed by atoms with Crippen LogP contribution in [-0.4, -0.2) is 21.2 Å². The summed E-state index contributed by atoms with van der Waals surface area (Å²) in [5.74, 6) is 1.10. The molecule has 5 heteroatoms. The molecule has 1 aliphatic carbocycles. The quantitative estimate of drug-likeness (QED) is 0.817. The molecule has 0 aromatic carbocycles. The van der Waals surface area contributed by atoms with E-state index >= 15 is 0 Å². The molecule has 3 rings (SSSR count). The lowest BCUT2D eigenvalue weighted by Gasteiger charge is -2.37. The number of rotatable bonds is 1. The molecule has 2 heterocycles. The van der Waals surface area contributed by atoms with Crippen molar-refractivity contribution in [2.75, 3.05) is 10.6 Å². The topological polar surface area (TPSA) is 59.0 Å². The van der Waals surface area contributed by atoms with Crippen molar-refractivity contribution < 1.29 is 4.79 Å². The number of hydrogen-bond acceptors (Lipinski definition) is 3. The van der Waals surface area contributed by atoms with Crippen molar-refractivity contribution >= 4 is 17.4 Å². The monoisotopic (exact) mass is 262 g/mol. The van der Waals surface area contributed by atoms with Crippen LogP contribution in [0.15, 0.2) is 0 Å². The van der Waals surface area contributed by atoms with Crippen molar-refractivity contribution in [1.82, 2.24) is 9.78 Å². The highest BCUT2D eigenvalue weighted by atomic mass is 16.2. The van der Waals surface area contributed by atoms with Gasteiger partial charge in [0, 0.05) is 7.05 Å². The maximum Gasteiger partial charge on any atom is 0.250 e. The van der Waals surface area contributed by atoms with Gasteiger partial charge in [0.05, 0.1) is 5.69 Å². The molecule has 19 heavy (non-hydrogen) atoms. The van der Waals surface area contributed by atoms with Crippen LogP contribution in [0.25, 0.3) is 0 Å². The van der Waals surface area contributed by atoms with Crippen LogP contribution in [0.1, 0.15) is 51.1 Å². The van der Waals surface area contributed by atoms with E-state index in [2.05, 4.69) is 22.7 Å². The van der Waals surface area contributed by atoms with Crippen molar-refractivity contribution in [2.45, 2.75) is 57.4 Å². The van der Waals surface area contributed by atoms with Gasteiger partial charge in [-0.25, -0.2) is 0 Å². The summed E-state index contributed by atoms with van der Waals surface area (Å²) < 4.78 is 1.86. The van der Waals surface area contributed by atoms with E-state index in [-0.39, 0.29) is 5.91 Å². The lowest BCUT2D eigenvalue weighted by molar-refractivity contribution is -0.121. The number of hydrogen-bond donors (Lipinski definition) is 2. The number of aromatic nitrogens is 2. The van der Waals surface area contributed by atoms with Crippen LogP contribution in [-0.2, 0) is 18.3 Å². The molecule has 5 nitrogen and oxygen atoms in total. The second-order valence-corrected chi connectivity index (χ2v) is 5.72. The molecule has 0 radical (unpaired) electrons. The van der Waals surface area contributed by atoms with E-state index in [0.717, 1.165) is 49.3 Å². The fourth-order valence-corrected chi connectivity index (χ4v) is 3.30. The maximum atomic E-state index is 12.6. The minimum Gasteiger partial charge on any atom is -0.354 e. The summed E-state index contributed by atoms with van der Waals surface area (Å²) in [6, 6.07) is 0. The molecule has 1 amide bonds. The van der Waals surface area contributed by atoms with Crippen molar-refractivity contribution in [3.05, 3.63) is 5.69 Å². The molecule has 0 bridgehead atoms. The van der Waals surface area contributed by atoms with E-state index in [9.17, 15) is 4.79 Å². The molecule has 2 aliphatic rings. The molecule has 1 fully saturated rings. The standard InChI is InChI=1S/C14H22N4O/c1-3-10-11-12(18(2)17-10)16-14(13(19)15-11)8-6-4-5-7-9-14/h16H,3-9H2,1-2H3,(H,15,19). The van der Waals surface area contributed by atoms with E-state index < -0.39 is 5.54 Å². The minimum atomic E-state index is -0.414. The first-order chi connectivity index (χ1) is 9.16. The predicted molar refractivity (Wildman–Crippen MR) is 75.3 cm³/mol. The SMILES string of the molecule is CCc1nn(C)c2c1NC(=O)C1(CCCCCC1)N2. The van der Waals surface area contributed by atoms with Gasteiger partial charge in [-0.05, 0) is 19.3 Å². The van der Waals surface area contributed by atoms with Crippen LogP contribution in [0, 0.1) is 0 Å². The third-order valence-corrected chi connectivity index (χ3v) is 4.44. The van der Waals surface area contributed by atoms with Gasteiger partial charge in [-0.3, -0.25) is 9.48 Å². The number of aryl methyl sites for hydroxylation is 2. The van der Waals surface area contributed by atoms with Crippen LogP contribution in [0.4, 0.5) is 11.5 Å². The van der Waals surface area contributed by atoms with Crippen molar-refractivity contribution in [1.29, 1.82) is 0 Å². The second kappa shape index (κ2) is 4.54. The van der Waals surface area contributed by atoms with Crippen LogP contribution in [0.5, 0.6) is 0 Å². The third kappa shape index (κ3) is 1.91. The Bertz CT molecular complexity index is 498. The lowest BCUT2D eigenvalue weighted by atomic mass is 9.87. The highest BCUT2D eigenvalue weighted by Crippen LogP contribution is 2.39. The first-order valence-electron chi connectivity index (χ1n) is 7.32. The van der Waals surface area contributed by atoms with E-state index in [4.69, 9.17) is 0 Å². The van der Waals surface area contributed by atoms with E-state index in [1.165, 1.54) is 12.8 Å². The van der Waals surface area contributed by atoms with Crippen LogP contribution < -0.4 is 10.6 Å². The van der Waals surface area contributed by atoms with Gasteiger partial charge in [-0.15, -0.1) is 0 Å². The summed E-state index contributed by atoms with van der Waals surface area (Å²) in [4.78, 5) is 12.6. The first kappa shape index (κ1) is 12.5. The summed E-state index contributed by atoms with van der Waals surface area (Å²) in [5, 5.41) is 11.1. The highest BCUT2D eigenvalue weighted by Gasteiger charge is 2.43. The van der Waals surface area contributed by atoms with Gasteiger partial charge in [0.15, 0.2) is 0 Å². The normalized spacial score (nSPS) is 21.5. The first-order valence-corrected chi connectivity index (χ1v) is 7.32. The molecular formula is C14H22N4O. The van der Waals surface area contributed by atoms with Gasteiger partial charge in [0.25, 0.3) is 0 Å². The van der Waals surface area contributed by atoms with Crippen molar-refractivity contribution in [3.63, 3.8) is 0 Å². The Balaban J connectivity index is 1.99. The molecule has 1 saturated carbocycles. The number of amides is 1. The van der Waals surface area contributed by atoms with E-state index in [1.807, 2.05) is 11.7 Å². The number of carbonyl (C=O) groups excluding carboxylic acids is 1. The fourth-order valence-electron chi connectivity index (χ4n) is 3.30. The number of nitrogens with zero attached hydrogens (tertiary/aromatic N) is 2. The Kier molecular flexibility index (Phi) is 2.99. The Morgan fingerprint density at radius 3 is 2.58 bits per heavy atom. The summed E-state index contributed by atoms with van der Waals surface area (Å²) >= 11 is 0. The number of fused-ring (bicyclic) bond motifs is 1. The fraction of sp³-hybridized carbons (Fsp3) is 0.714. The lowest BCUT2D eigenvalue weighted by Crippen LogP contribution is -2.52. The predicted octanol–water partition coefficient (Wildman–Crippen LogP) is 2.44. The molecular weight excluding hydrogens is 240 g/mol. The van der Waals surface area contributed by atoms with Gasteiger partial charge in [-0.1, -0.05) is 32.6 Å². The van der Waals surface area contributed by atoms with E-state index in [1.54, 1.807) is 0 Å². The van der Waals surface area contributed by atoms with E-state index in [0.29, 0.717) is 0 Å². The van der Waals surface area contributed by atoms with Crippen molar-refractivity contribution in [2.24, 2.45) is 7.05 Å². The Morgan fingerprint density at radius 2 is 1.95 bits per heavy atom. The molecule has 0 unspecified atom stereocenters. The van der Waals surface area contributed by atoms with Gasteiger partial charge >= 0.3 is 0 Å². The van der Waals surface area contributed by atoms with Gasteiger partial charge < -0.3 is 10.6 Å². The zero-order chi connectivity index (χ0) is 13.5. The zero-order valence-corrected chi connectivity index (χ0v) is 11.8. The van der Waals surface area contributed by atoms with Crippen LogP contribution in [0.3, 0.4) is 0 Å². The summed E-state index contributed by atoms with van der Waals surface area (Å²) in [6.45, 7) is 2.06. The summed E-state index contributed by atoms with van der Waals surface area (Å²) in [7, 11) is 1.94.